The van der Waals surface area contributed by atoms with Gasteiger partial charge in [0, 0.05) is 25.7 Å². The maximum Gasteiger partial charge on any atom is 0.472 e. The van der Waals surface area contributed by atoms with Crippen molar-refractivity contribution in [3.63, 3.8) is 0 Å². The number of hydrogen-bond acceptors (Lipinski definition) is 15. The van der Waals surface area contributed by atoms with E-state index in [0.29, 0.717) is 37.5 Å². The summed E-state index contributed by atoms with van der Waals surface area (Å²) in [6, 6.07) is 0. The van der Waals surface area contributed by atoms with E-state index in [4.69, 9.17) is 37.0 Å². The number of hydrogen-bond donors (Lipinski definition) is 3. The lowest BCUT2D eigenvalue weighted by Crippen LogP contribution is -2.30. The van der Waals surface area contributed by atoms with Gasteiger partial charge in [0.15, 0.2) is 12.2 Å². The van der Waals surface area contributed by atoms with Crippen molar-refractivity contribution in [3.8, 4) is 0 Å². The summed E-state index contributed by atoms with van der Waals surface area (Å²) in [6.45, 7) is 13.9. The van der Waals surface area contributed by atoms with Crippen LogP contribution in [0, 0.1) is 23.7 Å². The molecule has 0 rings (SSSR count). The number of unbranched alkanes of at least 4 members (excludes halogenated alkanes) is 27. The lowest BCUT2D eigenvalue weighted by Gasteiger charge is -2.21. The summed E-state index contributed by atoms with van der Waals surface area (Å²) in [5, 5.41) is 10.5. The van der Waals surface area contributed by atoms with Gasteiger partial charge in [0.2, 0.25) is 0 Å². The lowest BCUT2D eigenvalue weighted by molar-refractivity contribution is -0.161. The Kier molecular flexibility index (Phi) is 53.0. The molecule has 0 aliphatic heterocycles. The highest BCUT2D eigenvalue weighted by Gasteiger charge is 2.30. The van der Waals surface area contributed by atoms with Crippen molar-refractivity contribution in [2.24, 2.45) is 23.7 Å². The zero-order valence-electron chi connectivity index (χ0n) is 53.8. The monoisotopic (exact) mass is 1230 g/mol. The van der Waals surface area contributed by atoms with Crippen LogP contribution in [0.4, 0.5) is 0 Å². The number of aliphatic hydroxyl groups excluding tert-OH is 1. The third-order valence-electron chi connectivity index (χ3n) is 14.6. The van der Waals surface area contributed by atoms with Gasteiger partial charge in [0.05, 0.1) is 26.4 Å². The number of phosphoric ester groups is 2. The van der Waals surface area contributed by atoms with Gasteiger partial charge < -0.3 is 33.8 Å². The molecule has 0 aliphatic carbocycles. The van der Waals surface area contributed by atoms with E-state index < -0.39 is 97.5 Å². The van der Waals surface area contributed by atoms with E-state index in [2.05, 4.69) is 55.4 Å². The number of rotatable bonds is 61. The average molecular weight is 1230 g/mol. The molecule has 0 aromatic rings. The molecule has 0 aromatic carbocycles. The molecule has 0 amide bonds. The molecule has 5 atom stereocenters. The molecular weight excluding hydrogens is 1100 g/mol. The molecule has 0 fully saturated rings. The molecule has 83 heavy (non-hydrogen) atoms. The first-order valence-corrected chi connectivity index (χ1v) is 36.2. The van der Waals surface area contributed by atoms with Crippen LogP contribution < -0.4 is 0 Å². The van der Waals surface area contributed by atoms with E-state index in [0.717, 1.165) is 115 Å². The molecule has 0 spiro atoms. The average Bonchev–Trinajstić information content (AvgIpc) is 3.43. The molecule has 3 unspecified atom stereocenters. The van der Waals surface area contributed by atoms with Gasteiger partial charge in [-0.25, -0.2) is 9.13 Å². The van der Waals surface area contributed by atoms with Crippen molar-refractivity contribution in [1.82, 2.24) is 0 Å². The first-order chi connectivity index (χ1) is 39.6. The Balaban J connectivity index is 5.25. The predicted octanol–water partition coefficient (Wildman–Crippen LogP) is 17.4. The van der Waals surface area contributed by atoms with Crippen molar-refractivity contribution in [1.29, 1.82) is 0 Å². The van der Waals surface area contributed by atoms with Gasteiger partial charge in [-0.05, 0) is 49.4 Å². The Labute approximate surface area is 505 Å². The van der Waals surface area contributed by atoms with Crippen LogP contribution in [-0.4, -0.2) is 96.7 Å². The molecule has 0 saturated heterocycles. The maximum atomic E-state index is 13.0. The van der Waals surface area contributed by atoms with Crippen molar-refractivity contribution in [2.75, 3.05) is 39.6 Å². The van der Waals surface area contributed by atoms with Gasteiger partial charge in [-0.15, -0.1) is 0 Å². The highest BCUT2D eigenvalue weighted by atomic mass is 31.2. The Morgan fingerprint density at radius 3 is 0.747 bits per heavy atom. The molecule has 0 aromatic heterocycles. The number of esters is 4. The summed E-state index contributed by atoms with van der Waals surface area (Å²) in [5.41, 5.74) is 0. The maximum absolute atomic E-state index is 13.0. The number of ether oxygens (including phenoxy) is 4. The van der Waals surface area contributed by atoms with Crippen LogP contribution in [-0.2, 0) is 65.4 Å². The molecule has 0 radical (unpaired) electrons. The van der Waals surface area contributed by atoms with Crippen LogP contribution in [0.15, 0.2) is 0 Å². The zero-order chi connectivity index (χ0) is 61.8. The molecule has 3 N–H and O–H groups in total. The van der Waals surface area contributed by atoms with E-state index in [1.807, 2.05) is 0 Å². The number of carbonyl (C=O) groups is 4. The second-order valence-corrected chi connectivity index (χ2v) is 28.0. The minimum absolute atomic E-state index is 0.103. The van der Waals surface area contributed by atoms with Gasteiger partial charge in [0.25, 0.3) is 0 Å². The largest absolute Gasteiger partial charge is 0.472 e. The topological polar surface area (TPSA) is 237 Å². The van der Waals surface area contributed by atoms with Crippen molar-refractivity contribution in [2.45, 2.75) is 324 Å². The third kappa shape index (κ3) is 58.8. The Morgan fingerprint density at radius 1 is 0.301 bits per heavy atom. The normalized spacial score (nSPS) is 14.4. The van der Waals surface area contributed by atoms with Gasteiger partial charge >= 0.3 is 39.5 Å². The van der Waals surface area contributed by atoms with E-state index in [-0.39, 0.29) is 25.7 Å². The molecule has 0 aliphatic rings. The fourth-order valence-electron chi connectivity index (χ4n) is 9.43. The standard InChI is InChI=1S/C64H124O17P2/c1-54(2)40-32-24-16-11-9-13-19-30-38-46-63(68)80-59(50-74-61(66)44-36-28-21-15-18-26-34-42-56(5)6)52-78-82(70,71)76-48-58(65)49-77-83(72,73)79-53-60(51-75-62(67)45-37-29-23-22-27-35-43-57(7)8)81-64(69)47-39-31-20-14-10-12-17-25-33-41-55(3)4/h54-60,65H,9-53H2,1-8H3,(H,70,71)(H,72,73)/t58?,59-,60-/m1/s1. The Bertz CT molecular complexity index is 1660. The minimum atomic E-state index is -4.94. The van der Waals surface area contributed by atoms with Crippen LogP contribution in [0.2, 0.25) is 0 Å². The van der Waals surface area contributed by atoms with Gasteiger partial charge in [-0.3, -0.25) is 37.3 Å². The van der Waals surface area contributed by atoms with Crippen LogP contribution in [0.1, 0.15) is 306 Å². The quantitative estimate of drug-likeness (QED) is 0.0222. The first kappa shape index (κ1) is 81.1. The van der Waals surface area contributed by atoms with E-state index in [9.17, 15) is 43.2 Å². The summed E-state index contributed by atoms with van der Waals surface area (Å²) in [7, 11) is -9.89. The first-order valence-electron chi connectivity index (χ1n) is 33.2. The van der Waals surface area contributed by atoms with E-state index in [1.165, 1.54) is 96.3 Å². The lowest BCUT2D eigenvalue weighted by atomic mass is 10.0. The zero-order valence-corrected chi connectivity index (χ0v) is 55.6. The van der Waals surface area contributed by atoms with Gasteiger partial charge in [-0.1, -0.05) is 254 Å². The molecule has 0 saturated carbocycles. The Hall–Kier alpha value is -1.94. The number of carbonyl (C=O) groups excluding carboxylic acids is 4. The Morgan fingerprint density at radius 2 is 0.506 bits per heavy atom. The molecule has 17 nitrogen and oxygen atoms in total. The van der Waals surface area contributed by atoms with Gasteiger partial charge in [-0.2, -0.15) is 0 Å². The summed E-state index contributed by atoms with van der Waals surface area (Å²) >= 11 is 0. The third-order valence-corrected chi connectivity index (χ3v) is 16.5. The van der Waals surface area contributed by atoms with Crippen LogP contribution in [0.25, 0.3) is 0 Å². The second-order valence-electron chi connectivity index (χ2n) is 25.1. The van der Waals surface area contributed by atoms with E-state index >= 15 is 0 Å². The van der Waals surface area contributed by atoms with Crippen molar-refractivity contribution < 1.29 is 80.2 Å². The van der Waals surface area contributed by atoms with Crippen molar-refractivity contribution in [3.05, 3.63) is 0 Å². The second kappa shape index (κ2) is 54.2. The molecule has 0 bridgehead atoms. The molecule has 0 heterocycles. The summed E-state index contributed by atoms with van der Waals surface area (Å²) < 4.78 is 68.0. The fourth-order valence-corrected chi connectivity index (χ4v) is 11.0. The van der Waals surface area contributed by atoms with Gasteiger partial charge in [0.1, 0.15) is 19.3 Å². The minimum Gasteiger partial charge on any atom is -0.462 e. The summed E-state index contributed by atoms with van der Waals surface area (Å²) in [4.78, 5) is 72.2. The number of aliphatic hydroxyl groups is 1. The molecular formula is C64H124O17P2. The number of phosphoric acid groups is 2. The van der Waals surface area contributed by atoms with Crippen LogP contribution in [0.5, 0.6) is 0 Å². The molecule has 19 heteroatoms. The smallest absolute Gasteiger partial charge is 0.462 e. The van der Waals surface area contributed by atoms with Crippen LogP contribution >= 0.6 is 15.6 Å². The predicted molar refractivity (Wildman–Crippen MR) is 331 cm³/mol. The van der Waals surface area contributed by atoms with Crippen LogP contribution in [0.3, 0.4) is 0 Å². The SMILES string of the molecule is CC(C)CCCCCCCCCCCC(=O)O[C@H](COC(=O)CCCCCCCCCC(C)C)COP(=O)(O)OCC(O)COP(=O)(O)OC[C@@H](COC(=O)CCCCCCCCC(C)C)OC(=O)CCCCCCCCCCCC(C)C. The van der Waals surface area contributed by atoms with E-state index in [1.54, 1.807) is 0 Å². The fraction of sp³-hybridized carbons (Fsp3) is 0.938. The summed E-state index contributed by atoms with van der Waals surface area (Å²) in [5.74, 6) is 0.716. The summed E-state index contributed by atoms with van der Waals surface area (Å²) in [6.07, 6.45) is 33.7. The highest BCUT2D eigenvalue weighted by Crippen LogP contribution is 2.45. The van der Waals surface area contributed by atoms with Crippen molar-refractivity contribution >= 4 is 39.5 Å². The molecule has 492 valence electrons. The highest BCUT2D eigenvalue weighted by molar-refractivity contribution is 7.47.